The number of nitro groups is 1. The second-order valence-corrected chi connectivity index (χ2v) is 4.51. The lowest BCUT2D eigenvalue weighted by Gasteiger charge is -2.00. The van der Waals surface area contributed by atoms with Crippen LogP contribution in [0.15, 0.2) is 60.8 Å². The third-order valence-corrected chi connectivity index (χ3v) is 2.90. The molecule has 0 saturated heterocycles. The van der Waals surface area contributed by atoms with Gasteiger partial charge in [-0.1, -0.05) is 29.8 Å². The quantitative estimate of drug-likeness (QED) is 0.392. The zero-order chi connectivity index (χ0) is 15.2. The van der Waals surface area contributed by atoms with E-state index in [-0.39, 0.29) is 11.5 Å². The molecule has 106 valence electrons. The van der Waals surface area contributed by atoms with E-state index in [9.17, 15) is 14.9 Å². The van der Waals surface area contributed by atoms with E-state index < -0.39 is 4.92 Å². The van der Waals surface area contributed by atoms with Crippen LogP contribution >= 0.6 is 0 Å². The van der Waals surface area contributed by atoms with Crippen molar-refractivity contribution in [1.82, 2.24) is 0 Å². The number of nitrogens with one attached hydrogen (secondary N) is 1. The van der Waals surface area contributed by atoms with Crippen LogP contribution in [0.1, 0.15) is 15.9 Å². The molecule has 0 amide bonds. The number of ketones is 1. The molecule has 0 heterocycles. The Morgan fingerprint density at radius 2 is 1.71 bits per heavy atom. The van der Waals surface area contributed by atoms with Gasteiger partial charge in [0.25, 0.3) is 5.69 Å². The van der Waals surface area contributed by atoms with E-state index in [1.54, 1.807) is 24.3 Å². The number of nitro benzene ring substituents is 1. The molecular weight excluding hydrogens is 268 g/mol. The summed E-state index contributed by atoms with van der Waals surface area (Å²) in [5.41, 5.74) is 2.41. The molecule has 0 aromatic heterocycles. The zero-order valence-electron chi connectivity index (χ0n) is 11.4. The minimum Gasteiger partial charge on any atom is -0.362 e. The van der Waals surface area contributed by atoms with Gasteiger partial charge in [-0.25, -0.2) is 0 Å². The molecular formula is C16H14N2O3. The maximum Gasteiger partial charge on any atom is 0.269 e. The highest BCUT2D eigenvalue weighted by molar-refractivity contribution is 6.04. The lowest BCUT2D eigenvalue weighted by molar-refractivity contribution is -0.384. The summed E-state index contributed by atoms with van der Waals surface area (Å²) in [4.78, 5) is 21.9. The second kappa shape index (κ2) is 6.47. The Labute approximate surface area is 122 Å². The second-order valence-electron chi connectivity index (χ2n) is 4.51. The first-order valence-electron chi connectivity index (χ1n) is 6.35. The monoisotopic (exact) mass is 282 g/mol. The van der Waals surface area contributed by atoms with Crippen LogP contribution in [0.3, 0.4) is 0 Å². The fraction of sp³-hybridized carbons (Fsp3) is 0.0625. The summed E-state index contributed by atoms with van der Waals surface area (Å²) in [6, 6.07) is 13.3. The summed E-state index contributed by atoms with van der Waals surface area (Å²) in [5, 5.41) is 13.4. The molecule has 0 aliphatic rings. The molecule has 0 bridgehead atoms. The summed E-state index contributed by atoms with van der Waals surface area (Å²) in [6.07, 6.45) is 2.94. The molecule has 0 atom stereocenters. The van der Waals surface area contributed by atoms with Gasteiger partial charge in [0.05, 0.1) is 4.92 Å². The Morgan fingerprint density at radius 1 is 1.10 bits per heavy atom. The van der Waals surface area contributed by atoms with Gasteiger partial charge >= 0.3 is 0 Å². The largest absolute Gasteiger partial charge is 0.362 e. The van der Waals surface area contributed by atoms with E-state index in [0.29, 0.717) is 11.3 Å². The van der Waals surface area contributed by atoms with Crippen LogP contribution < -0.4 is 5.32 Å². The number of non-ortho nitro benzene ring substituents is 1. The first kappa shape index (κ1) is 14.5. The van der Waals surface area contributed by atoms with E-state index in [2.05, 4.69) is 5.32 Å². The van der Waals surface area contributed by atoms with Gasteiger partial charge < -0.3 is 5.32 Å². The highest BCUT2D eigenvalue weighted by atomic mass is 16.6. The summed E-state index contributed by atoms with van der Waals surface area (Å²) >= 11 is 0. The third-order valence-electron chi connectivity index (χ3n) is 2.90. The van der Waals surface area contributed by atoms with Crippen LogP contribution in [0.5, 0.6) is 0 Å². The molecule has 0 unspecified atom stereocenters. The maximum atomic E-state index is 11.9. The van der Waals surface area contributed by atoms with Crippen LogP contribution in [0, 0.1) is 17.0 Å². The van der Waals surface area contributed by atoms with Crippen LogP contribution in [-0.2, 0) is 0 Å². The molecule has 5 heteroatoms. The van der Waals surface area contributed by atoms with E-state index in [4.69, 9.17) is 0 Å². The van der Waals surface area contributed by atoms with Gasteiger partial charge in [0, 0.05) is 35.7 Å². The number of nitrogens with zero attached hydrogens (tertiary/aromatic N) is 1. The van der Waals surface area contributed by atoms with Crippen molar-refractivity contribution in [3.8, 4) is 0 Å². The highest BCUT2D eigenvalue weighted by Crippen LogP contribution is 2.15. The third kappa shape index (κ3) is 4.01. The topological polar surface area (TPSA) is 72.2 Å². The van der Waals surface area contributed by atoms with Gasteiger partial charge in [-0.15, -0.1) is 0 Å². The fourth-order valence-corrected chi connectivity index (χ4v) is 1.71. The van der Waals surface area contributed by atoms with Crippen molar-refractivity contribution in [2.45, 2.75) is 6.92 Å². The Kier molecular flexibility index (Phi) is 4.46. The lowest BCUT2D eigenvalue weighted by atomic mass is 10.1. The van der Waals surface area contributed by atoms with E-state index >= 15 is 0 Å². The lowest BCUT2D eigenvalue weighted by Crippen LogP contribution is -1.96. The van der Waals surface area contributed by atoms with Crippen LogP contribution in [0.2, 0.25) is 0 Å². The molecule has 0 radical (unpaired) electrons. The minimum atomic E-state index is -0.458. The first-order valence-corrected chi connectivity index (χ1v) is 6.35. The van der Waals surface area contributed by atoms with Crippen LogP contribution in [-0.4, -0.2) is 10.7 Å². The Bertz CT molecular complexity index is 674. The number of allylic oxidation sites excluding steroid dienone is 1. The number of anilines is 1. The Balaban J connectivity index is 1.97. The maximum absolute atomic E-state index is 11.9. The van der Waals surface area contributed by atoms with Gasteiger partial charge in [-0.2, -0.15) is 0 Å². The van der Waals surface area contributed by atoms with Gasteiger partial charge in [-0.05, 0) is 19.1 Å². The summed E-state index contributed by atoms with van der Waals surface area (Å²) in [5.74, 6) is -0.107. The molecule has 1 N–H and O–H groups in total. The number of carbonyl (C=O) groups excluding carboxylic acids is 1. The van der Waals surface area contributed by atoms with Crippen molar-refractivity contribution in [1.29, 1.82) is 0 Å². The van der Waals surface area contributed by atoms with Crippen LogP contribution in [0.4, 0.5) is 11.4 Å². The van der Waals surface area contributed by atoms with Crippen molar-refractivity contribution in [3.63, 3.8) is 0 Å². The van der Waals surface area contributed by atoms with Crippen LogP contribution in [0.25, 0.3) is 0 Å². The van der Waals surface area contributed by atoms with Gasteiger partial charge in [-0.3, -0.25) is 14.9 Å². The highest BCUT2D eigenvalue weighted by Gasteiger charge is 2.03. The summed E-state index contributed by atoms with van der Waals surface area (Å²) < 4.78 is 0. The molecule has 0 spiro atoms. The van der Waals surface area contributed by atoms with Gasteiger partial charge in [0.15, 0.2) is 5.78 Å². The standard InChI is InChI=1S/C16H14N2O3/c1-12-2-4-13(5-3-12)16(19)10-11-17-14-6-8-15(9-7-14)18(20)21/h2-11,17H,1H3. The van der Waals surface area contributed by atoms with Gasteiger partial charge in [0.1, 0.15) is 0 Å². The Hall–Kier alpha value is -2.95. The molecule has 0 fully saturated rings. The predicted molar refractivity (Wildman–Crippen MR) is 81.4 cm³/mol. The van der Waals surface area contributed by atoms with Crippen molar-refractivity contribution in [2.75, 3.05) is 5.32 Å². The number of carbonyl (C=O) groups is 1. The van der Waals surface area contributed by atoms with E-state index in [0.717, 1.165) is 5.56 Å². The van der Waals surface area contributed by atoms with Gasteiger partial charge in [0.2, 0.25) is 0 Å². The van der Waals surface area contributed by atoms with E-state index in [1.165, 1.54) is 24.4 Å². The molecule has 2 aromatic rings. The summed E-state index contributed by atoms with van der Waals surface area (Å²) in [7, 11) is 0. The molecule has 2 aromatic carbocycles. The number of benzene rings is 2. The van der Waals surface area contributed by atoms with Crippen molar-refractivity contribution >= 4 is 17.2 Å². The number of aryl methyl sites for hydroxylation is 1. The number of hydrogen-bond donors (Lipinski definition) is 1. The summed E-state index contributed by atoms with van der Waals surface area (Å²) in [6.45, 7) is 1.96. The molecule has 0 aliphatic carbocycles. The molecule has 5 nitrogen and oxygen atoms in total. The number of hydrogen-bond acceptors (Lipinski definition) is 4. The zero-order valence-corrected chi connectivity index (χ0v) is 11.4. The van der Waals surface area contributed by atoms with E-state index in [1.807, 2.05) is 19.1 Å². The fourth-order valence-electron chi connectivity index (χ4n) is 1.71. The molecule has 2 rings (SSSR count). The Morgan fingerprint density at radius 3 is 2.29 bits per heavy atom. The molecule has 21 heavy (non-hydrogen) atoms. The predicted octanol–water partition coefficient (Wildman–Crippen LogP) is 3.71. The van der Waals surface area contributed by atoms with Crippen molar-refractivity contribution < 1.29 is 9.72 Å². The average molecular weight is 282 g/mol. The molecule has 0 aliphatic heterocycles. The van der Waals surface area contributed by atoms with Crippen molar-refractivity contribution in [2.24, 2.45) is 0 Å². The van der Waals surface area contributed by atoms with Crippen molar-refractivity contribution in [3.05, 3.63) is 82.0 Å². The SMILES string of the molecule is Cc1ccc(C(=O)C=CNc2ccc([N+](=O)[O-])cc2)cc1. The minimum absolute atomic E-state index is 0.0280. The average Bonchev–Trinajstić information content (AvgIpc) is 2.48. The normalized spacial score (nSPS) is 10.5. The smallest absolute Gasteiger partial charge is 0.269 e. The number of rotatable bonds is 5. The first-order chi connectivity index (χ1) is 10.1. The molecule has 0 saturated carbocycles.